The number of Topliss-reactive ketones (excluding diaryl/α,β-unsaturated/α-hetero) is 2. The average molecular weight is 274 g/mol. The van der Waals surface area contributed by atoms with E-state index in [0.717, 1.165) is 4.90 Å². The lowest BCUT2D eigenvalue weighted by Gasteiger charge is -2.26. The zero-order valence-corrected chi connectivity index (χ0v) is 10.3. The van der Waals surface area contributed by atoms with Gasteiger partial charge in [0.1, 0.15) is 5.78 Å². The van der Waals surface area contributed by atoms with Crippen LogP contribution < -0.4 is 0 Å². The molecule has 1 aromatic carbocycles. The van der Waals surface area contributed by atoms with E-state index in [0.29, 0.717) is 5.56 Å². The van der Waals surface area contributed by atoms with Crippen molar-refractivity contribution in [2.75, 3.05) is 0 Å². The lowest BCUT2D eigenvalue weighted by atomic mass is 9.91. The van der Waals surface area contributed by atoms with Gasteiger partial charge < -0.3 is 0 Å². The average Bonchev–Trinajstić information content (AvgIpc) is 2.17. The zero-order chi connectivity index (χ0) is 11.0. The standard InChI is InChI=1S/C12H12O2S.BH3.2FH/c1-7(13)11-8(2)15-10-6-4-3-5-9(10)12(11)14;;;/h3-6,8,11H,1-2H3;1H3;2*1H. The van der Waals surface area contributed by atoms with Crippen molar-refractivity contribution in [2.24, 2.45) is 5.92 Å². The third-order valence-electron chi connectivity index (χ3n) is 2.66. The summed E-state index contributed by atoms with van der Waals surface area (Å²) in [5.41, 5.74) is 0.695. The molecule has 2 rings (SSSR count). The van der Waals surface area contributed by atoms with Crippen LogP contribution in [0.4, 0.5) is 9.41 Å². The van der Waals surface area contributed by atoms with Gasteiger partial charge in [-0.25, -0.2) is 0 Å². The Balaban J connectivity index is 0. The molecule has 0 radical (unpaired) electrons. The van der Waals surface area contributed by atoms with Crippen LogP contribution in [0, 0.1) is 5.92 Å². The molecule has 0 aromatic heterocycles. The maximum absolute atomic E-state index is 12.0. The topological polar surface area (TPSA) is 34.1 Å². The molecule has 0 fully saturated rings. The summed E-state index contributed by atoms with van der Waals surface area (Å²) in [6.45, 7) is 3.43. The molecule has 0 spiro atoms. The SMILES string of the molecule is B.CC(=O)C1C(=O)c2ccccc2SC1C.F.F. The molecule has 2 unspecified atom stereocenters. The molecule has 1 aliphatic heterocycles. The Morgan fingerprint density at radius 2 is 1.78 bits per heavy atom. The van der Waals surface area contributed by atoms with E-state index in [1.54, 1.807) is 17.8 Å². The molecule has 0 N–H and O–H groups in total. The van der Waals surface area contributed by atoms with Crippen LogP contribution in [0.1, 0.15) is 24.2 Å². The van der Waals surface area contributed by atoms with Gasteiger partial charge in [-0.1, -0.05) is 25.1 Å². The van der Waals surface area contributed by atoms with Crippen LogP contribution in [-0.4, -0.2) is 25.2 Å². The molecule has 0 aliphatic carbocycles. The van der Waals surface area contributed by atoms with Crippen LogP contribution >= 0.6 is 11.8 Å². The summed E-state index contributed by atoms with van der Waals surface area (Å²) in [7, 11) is 0. The highest BCUT2D eigenvalue weighted by molar-refractivity contribution is 8.00. The second kappa shape index (κ2) is 7.31. The molecule has 0 bridgehead atoms. The van der Waals surface area contributed by atoms with E-state index in [9.17, 15) is 9.59 Å². The van der Waals surface area contributed by atoms with Crippen molar-refractivity contribution >= 4 is 31.7 Å². The summed E-state index contributed by atoms with van der Waals surface area (Å²) in [6.07, 6.45) is 0. The largest absolute Gasteiger partial charge is 0.299 e. The summed E-state index contributed by atoms with van der Waals surface area (Å²) in [4.78, 5) is 24.4. The molecule has 2 nitrogen and oxygen atoms in total. The quantitative estimate of drug-likeness (QED) is 0.577. The van der Waals surface area contributed by atoms with E-state index in [2.05, 4.69) is 0 Å². The van der Waals surface area contributed by atoms with Gasteiger partial charge in [-0.2, -0.15) is 0 Å². The number of ketones is 2. The Morgan fingerprint density at radius 1 is 1.22 bits per heavy atom. The fourth-order valence-electron chi connectivity index (χ4n) is 1.94. The van der Waals surface area contributed by atoms with Gasteiger partial charge in [0.2, 0.25) is 0 Å². The number of benzene rings is 1. The Bertz CT molecular complexity index is 440. The minimum absolute atomic E-state index is 0. The van der Waals surface area contributed by atoms with Gasteiger partial charge in [0.25, 0.3) is 0 Å². The fraction of sp³-hybridized carbons (Fsp3) is 0.333. The first-order valence-corrected chi connectivity index (χ1v) is 5.79. The Labute approximate surface area is 111 Å². The van der Waals surface area contributed by atoms with Gasteiger partial charge >= 0.3 is 0 Å². The van der Waals surface area contributed by atoms with E-state index in [1.807, 2.05) is 25.1 Å². The van der Waals surface area contributed by atoms with Gasteiger partial charge in [0, 0.05) is 15.7 Å². The fourth-order valence-corrected chi connectivity index (χ4v) is 3.24. The van der Waals surface area contributed by atoms with Crippen LogP contribution in [0.5, 0.6) is 0 Å². The number of hydrogen-bond acceptors (Lipinski definition) is 3. The van der Waals surface area contributed by atoms with Crippen molar-refractivity contribution in [3.63, 3.8) is 0 Å². The maximum atomic E-state index is 12.0. The zero-order valence-electron chi connectivity index (χ0n) is 9.51. The van der Waals surface area contributed by atoms with Crippen molar-refractivity contribution in [3.05, 3.63) is 29.8 Å². The number of halogens is 2. The van der Waals surface area contributed by atoms with Crippen LogP contribution in [0.3, 0.4) is 0 Å². The monoisotopic (exact) mass is 274 g/mol. The second-order valence-electron chi connectivity index (χ2n) is 3.77. The third kappa shape index (κ3) is 3.19. The van der Waals surface area contributed by atoms with Crippen molar-refractivity contribution < 1.29 is 19.0 Å². The molecule has 1 aromatic rings. The minimum atomic E-state index is -0.468. The van der Waals surface area contributed by atoms with E-state index in [1.165, 1.54) is 6.92 Å². The predicted octanol–water partition coefficient (Wildman–Crippen LogP) is 1.69. The molecule has 2 atom stereocenters. The highest BCUT2D eigenvalue weighted by atomic mass is 32.2. The normalized spacial score (nSPS) is 20.7. The first-order valence-electron chi connectivity index (χ1n) is 4.91. The number of rotatable bonds is 1. The number of fused-ring (bicyclic) bond motifs is 1. The first-order chi connectivity index (χ1) is 7.11. The van der Waals surface area contributed by atoms with Crippen molar-refractivity contribution in [3.8, 4) is 0 Å². The maximum Gasteiger partial charge on any atom is 0.175 e. The molecule has 0 saturated heterocycles. The highest BCUT2D eigenvalue weighted by Gasteiger charge is 2.36. The highest BCUT2D eigenvalue weighted by Crippen LogP contribution is 2.38. The number of hydrogen-bond donors (Lipinski definition) is 0. The third-order valence-corrected chi connectivity index (χ3v) is 3.91. The molecule has 100 valence electrons. The number of carbonyl (C=O) groups is 2. The van der Waals surface area contributed by atoms with Crippen molar-refractivity contribution in [1.82, 2.24) is 0 Å². The summed E-state index contributed by atoms with van der Waals surface area (Å²) < 4.78 is 0. The summed E-state index contributed by atoms with van der Waals surface area (Å²) in [6, 6.07) is 7.49. The smallest absolute Gasteiger partial charge is 0.175 e. The first kappa shape index (κ1) is 19.2. The van der Waals surface area contributed by atoms with Gasteiger partial charge in [-0.05, 0) is 13.0 Å². The van der Waals surface area contributed by atoms with Crippen LogP contribution in [-0.2, 0) is 4.79 Å². The lowest BCUT2D eigenvalue weighted by molar-refractivity contribution is -0.119. The summed E-state index contributed by atoms with van der Waals surface area (Å²) >= 11 is 1.61. The van der Waals surface area contributed by atoms with Crippen LogP contribution in [0.2, 0.25) is 0 Å². The molecule has 18 heavy (non-hydrogen) atoms. The van der Waals surface area contributed by atoms with E-state index < -0.39 is 5.92 Å². The number of thioether (sulfide) groups is 1. The predicted molar refractivity (Wildman–Crippen MR) is 75.2 cm³/mol. The van der Waals surface area contributed by atoms with Gasteiger partial charge in [-0.3, -0.25) is 19.0 Å². The molecular formula is C12H17BF2O2S. The van der Waals surface area contributed by atoms with Gasteiger partial charge in [-0.15, -0.1) is 11.8 Å². The second-order valence-corrected chi connectivity index (χ2v) is 5.19. The van der Waals surface area contributed by atoms with Crippen molar-refractivity contribution in [2.45, 2.75) is 24.0 Å². The molecular weight excluding hydrogens is 257 g/mol. The lowest BCUT2D eigenvalue weighted by Crippen LogP contribution is -2.33. The molecule has 0 amide bonds. The van der Waals surface area contributed by atoms with E-state index >= 15 is 0 Å². The van der Waals surface area contributed by atoms with Crippen molar-refractivity contribution in [1.29, 1.82) is 0 Å². The molecule has 6 heteroatoms. The van der Waals surface area contributed by atoms with Crippen LogP contribution in [0.25, 0.3) is 0 Å². The molecule has 0 saturated carbocycles. The van der Waals surface area contributed by atoms with E-state index in [4.69, 9.17) is 0 Å². The number of carbonyl (C=O) groups excluding carboxylic acids is 2. The van der Waals surface area contributed by atoms with Crippen LogP contribution in [0.15, 0.2) is 29.2 Å². The Morgan fingerprint density at radius 3 is 2.33 bits per heavy atom. The Hall–Kier alpha value is -1.17. The minimum Gasteiger partial charge on any atom is -0.299 e. The van der Waals surface area contributed by atoms with Gasteiger partial charge in [0.15, 0.2) is 5.78 Å². The summed E-state index contributed by atoms with van der Waals surface area (Å²) in [5, 5.41) is 0.0462. The van der Waals surface area contributed by atoms with E-state index in [-0.39, 0.29) is 34.6 Å². The molecule has 1 heterocycles. The molecule has 1 aliphatic rings. The summed E-state index contributed by atoms with van der Waals surface area (Å²) in [5.74, 6) is -0.524. The van der Waals surface area contributed by atoms with Gasteiger partial charge in [0.05, 0.1) is 14.3 Å². The Kier molecular flexibility index (Phi) is 7.79.